The predicted molar refractivity (Wildman–Crippen MR) is 115 cm³/mol. The van der Waals surface area contributed by atoms with Gasteiger partial charge in [-0.15, -0.1) is 0 Å². The number of piperidine rings is 1. The molecule has 3 atom stereocenters. The van der Waals surface area contributed by atoms with Gasteiger partial charge >= 0.3 is 0 Å². The van der Waals surface area contributed by atoms with Crippen LogP contribution in [-0.4, -0.2) is 44.7 Å². The van der Waals surface area contributed by atoms with Gasteiger partial charge in [0.05, 0.1) is 21.4 Å². The van der Waals surface area contributed by atoms with Crippen LogP contribution in [0.4, 0.5) is 5.95 Å². The Bertz CT molecular complexity index is 930. The monoisotopic (exact) mass is 431 g/mol. The summed E-state index contributed by atoms with van der Waals surface area (Å²) in [5, 5.41) is 10.4. The summed E-state index contributed by atoms with van der Waals surface area (Å²) in [7, 11) is -1.03. The molecule has 7 heteroatoms. The van der Waals surface area contributed by atoms with Crippen molar-refractivity contribution in [2.45, 2.75) is 48.3 Å². The van der Waals surface area contributed by atoms with Crippen LogP contribution in [0.15, 0.2) is 35.4 Å². The minimum Gasteiger partial charge on any atom is -0.396 e. The molecule has 2 aliphatic heterocycles. The first-order valence-corrected chi connectivity index (χ1v) is 12.1. The SMILES string of the molecule is O=S1CC2(CCC(CO)C2)c2nc(N3CCC(c4ccc(Cl)cc4)CC3)ncc21. The van der Waals surface area contributed by atoms with Gasteiger partial charge in [-0.2, -0.15) is 0 Å². The van der Waals surface area contributed by atoms with Gasteiger partial charge in [0.2, 0.25) is 5.95 Å². The molecule has 29 heavy (non-hydrogen) atoms. The highest BCUT2D eigenvalue weighted by atomic mass is 35.5. The molecule has 1 spiro atoms. The highest BCUT2D eigenvalue weighted by Gasteiger charge is 2.49. The van der Waals surface area contributed by atoms with Gasteiger partial charge in [-0.25, -0.2) is 9.97 Å². The Hall–Kier alpha value is -1.50. The molecule has 0 amide bonds. The molecule has 3 heterocycles. The highest BCUT2D eigenvalue weighted by molar-refractivity contribution is 7.85. The number of nitrogens with zero attached hydrogens (tertiary/aromatic N) is 3. The van der Waals surface area contributed by atoms with Crippen LogP contribution in [-0.2, 0) is 16.2 Å². The van der Waals surface area contributed by atoms with Crippen molar-refractivity contribution in [1.29, 1.82) is 0 Å². The number of aliphatic hydroxyl groups is 1. The zero-order valence-electron chi connectivity index (χ0n) is 16.4. The topological polar surface area (TPSA) is 66.3 Å². The zero-order chi connectivity index (χ0) is 20.0. The van der Waals surface area contributed by atoms with Crippen LogP contribution < -0.4 is 4.90 Å². The first-order valence-electron chi connectivity index (χ1n) is 10.5. The maximum Gasteiger partial charge on any atom is 0.225 e. The van der Waals surface area contributed by atoms with Crippen LogP contribution in [0, 0.1) is 5.92 Å². The molecule has 1 aromatic carbocycles. The lowest BCUT2D eigenvalue weighted by atomic mass is 9.84. The van der Waals surface area contributed by atoms with E-state index >= 15 is 0 Å². The third-order valence-corrected chi connectivity index (χ3v) is 8.84. The standard InChI is InChI=1S/C22H26ClN3O2S/c23-18-3-1-16(2-4-18)17-6-9-26(10-7-17)21-24-12-19-20(25-21)22(14-29(19)28)8-5-15(11-22)13-27/h1-4,12,15,17,27H,5-11,13-14H2. The summed E-state index contributed by atoms with van der Waals surface area (Å²) in [5.41, 5.74) is 2.20. The molecule has 3 aliphatic rings. The minimum absolute atomic E-state index is 0.132. The van der Waals surface area contributed by atoms with Crippen LogP contribution in [0.5, 0.6) is 0 Å². The quantitative estimate of drug-likeness (QED) is 0.803. The lowest BCUT2D eigenvalue weighted by Crippen LogP contribution is -2.35. The molecular weight excluding hydrogens is 406 g/mol. The van der Waals surface area contributed by atoms with Crippen LogP contribution >= 0.6 is 11.6 Å². The number of anilines is 1. The molecule has 1 saturated carbocycles. The number of aromatic nitrogens is 2. The molecule has 0 bridgehead atoms. The number of fused-ring (bicyclic) bond motifs is 2. The normalized spacial score (nSPS) is 29.5. The van der Waals surface area contributed by atoms with Crippen molar-refractivity contribution in [3.05, 3.63) is 46.7 Å². The summed E-state index contributed by atoms with van der Waals surface area (Å²) < 4.78 is 12.7. The number of hydrogen-bond donors (Lipinski definition) is 1. The summed E-state index contributed by atoms with van der Waals surface area (Å²) in [6, 6.07) is 8.19. The van der Waals surface area contributed by atoms with Gasteiger partial charge in [0.25, 0.3) is 0 Å². The van der Waals surface area contributed by atoms with Crippen LogP contribution in [0.3, 0.4) is 0 Å². The Kier molecular flexibility index (Phi) is 5.13. The van der Waals surface area contributed by atoms with Crippen molar-refractivity contribution in [3.8, 4) is 0 Å². The summed E-state index contributed by atoms with van der Waals surface area (Å²) >= 11 is 6.02. The lowest BCUT2D eigenvalue weighted by Gasteiger charge is -2.33. The van der Waals surface area contributed by atoms with E-state index < -0.39 is 10.8 Å². The average Bonchev–Trinajstić information content (AvgIpc) is 3.29. The zero-order valence-corrected chi connectivity index (χ0v) is 18.0. The van der Waals surface area contributed by atoms with Crippen molar-refractivity contribution in [2.75, 3.05) is 30.3 Å². The first kappa shape index (κ1) is 19.5. The number of hydrogen-bond acceptors (Lipinski definition) is 5. The molecule has 2 fully saturated rings. The van der Waals surface area contributed by atoms with E-state index in [4.69, 9.17) is 16.6 Å². The van der Waals surface area contributed by atoms with E-state index in [-0.39, 0.29) is 12.0 Å². The largest absolute Gasteiger partial charge is 0.396 e. The molecule has 5 nitrogen and oxygen atoms in total. The Morgan fingerprint density at radius 3 is 2.66 bits per heavy atom. The lowest BCUT2D eigenvalue weighted by molar-refractivity contribution is 0.224. The van der Waals surface area contributed by atoms with Crippen LogP contribution in [0.25, 0.3) is 0 Å². The van der Waals surface area contributed by atoms with Gasteiger partial charge in [-0.1, -0.05) is 23.7 Å². The van der Waals surface area contributed by atoms with E-state index in [2.05, 4.69) is 22.0 Å². The van der Waals surface area contributed by atoms with E-state index in [0.717, 1.165) is 66.8 Å². The van der Waals surface area contributed by atoms with Gasteiger partial charge in [0, 0.05) is 42.1 Å². The van der Waals surface area contributed by atoms with Gasteiger partial charge < -0.3 is 10.0 Å². The van der Waals surface area contributed by atoms with Gasteiger partial charge in [-0.3, -0.25) is 4.21 Å². The van der Waals surface area contributed by atoms with Gasteiger partial charge in [0.15, 0.2) is 0 Å². The fraction of sp³-hybridized carbons (Fsp3) is 0.545. The average molecular weight is 432 g/mol. The minimum atomic E-state index is -1.03. The summed E-state index contributed by atoms with van der Waals surface area (Å²) in [6.45, 7) is 2.04. The molecule has 5 rings (SSSR count). The molecule has 3 unspecified atom stereocenters. The predicted octanol–water partition coefficient (Wildman–Crippen LogP) is 3.67. The molecule has 154 valence electrons. The Balaban J connectivity index is 1.34. The van der Waals surface area contributed by atoms with E-state index in [1.54, 1.807) is 6.20 Å². The van der Waals surface area contributed by atoms with Gasteiger partial charge in [-0.05, 0) is 61.6 Å². The van der Waals surface area contributed by atoms with E-state index in [0.29, 0.717) is 17.6 Å². The van der Waals surface area contributed by atoms with Crippen molar-refractivity contribution in [3.63, 3.8) is 0 Å². The number of rotatable bonds is 3. The maximum absolute atomic E-state index is 12.7. The second-order valence-corrected chi connectivity index (χ2v) is 10.6. The Morgan fingerprint density at radius 2 is 1.97 bits per heavy atom. The van der Waals surface area contributed by atoms with Crippen LogP contribution in [0.1, 0.15) is 49.3 Å². The van der Waals surface area contributed by atoms with Crippen molar-refractivity contribution < 1.29 is 9.32 Å². The molecular formula is C22H26ClN3O2S. The highest BCUT2D eigenvalue weighted by Crippen LogP contribution is 2.50. The molecule has 0 radical (unpaired) electrons. The smallest absolute Gasteiger partial charge is 0.225 e. The fourth-order valence-electron chi connectivity index (χ4n) is 5.34. The molecule has 1 aliphatic carbocycles. The van der Waals surface area contributed by atoms with Crippen molar-refractivity contribution >= 4 is 28.3 Å². The number of halogens is 1. The van der Waals surface area contributed by atoms with Crippen LogP contribution in [0.2, 0.25) is 5.02 Å². The molecule has 2 aromatic rings. The summed E-state index contributed by atoms with van der Waals surface area (Å²) in [6.07, 6.45) is 6.75. The third-order valence-electron chi connectivity index (χ3n) is 6.99. The fourth-order valence-corrected chi connectivity index (χ4v) is 7.17. The molecule has 1 saturated heterocycles. The third kappa shape index (κ3) is 3.49. The summed E-state index contributed by atoms with van der Waals surface area (Å²) in [4.78, 5) is 12.6. The second kappa shape index (κ2) is 7.64. The first-order chi connectivity index (χ1) is 14.1. The summed E-state index contributed by atoms with van der Waals surface area (Å²) in [5.74, 6) is 2.24. The molecule has 1 aromatic heterocycles. The molecule has 1 N–H and O–H groups in total. The number of benzene rings is 1. The van der Waals surface area contributed by atoms with Crippen molar-refractivity contribution in [1.82, 2.24) is 9.97 Å². The number of aliphatic hydroxyl groups excluding tert-OH is 1. The second-order valence-electron chi connectivity index (χ2n) is 8.76. The van der Waals surface area contributed by atoms with E-state index in [9.17, 15) is 9.32 Å². The maximum atomic E-state index is 12.7. The van der Waals surface area contributed by atoms with Crippen molar-refractivity contribution in [2.24, 2.45) is 5.92 Å². The Labute approximate surface area is 179 Å². The van der Waals surface area contributed by atoms with Gasteiger partial charge in [0.1, 0.15) is 0 Å². The van der Waals surface area contributed by atoms with E-state index in [1.165, 1.54) is 5.56 Å². The van der Waals surface area contributed by atoms with E-state index in [1.807, 2.05) is 12.1 Å². The Morgan fingerprint density at radius 1 is 1.21 bits per heavy atom.